The summed E-state index contributed by atoms with van der Waals surface area (Å²) in [7, 11) is 0. The molecule has 0 radical (unpaired) electrons. The standard InChI is InChI=1S/C7H12N4O3/c8-6-5(7(9)14)10-3-11(6)1-4(13)2-12/h3-4,12-13H,1-2,8H2,(H2,9,14). The molecule has 1 aromatic heterocycles. The van der Waals surface area contributed by atoms with Crippen LogP contribution in [0.15, 0.2) is 6.33 Å². The molecule has 78 valence electrons. The third kappa shape index (κ3) is 2.01. The van der Waals surface area contributed by atoms with Crippen molar-refractivity contribution in [2.45, 2.75) is 12.6 Å². The number of nitrogens with two attached hydrogens (primary N) is 2. The Morgan fingerprint density at radius 2 is 2.36 bits per heavy atom. The van der Waals surface area contributed by atoms with E-state index in [1.165, 1.54) is 10.9 Å². The van der Waals surface area contributed by atoms with Gasteiger partial charge in [-0.25, -0.2) is 4.98 Å². The Morgan fingerprint density at radius 1 is 1.71 bits per heavy atom. The van der Waals surface area contributed by atoms with Crippen molar-refractivity contribution in [1.29, 1.82) is 0 Å². The van der Waals surface area contributed by atoms with E-state index in [2.05, 4.69) is 4.98 Å². The highest BCUT2D eigenvalue weighted by Crippen LogP contribution is 2.09. The summed E-state index contributed by atoms with van der Waals surface area (Å²) in [5.41, 5.74) is 10.5. The predicted molar refractivity (Wildman–Crippen MR) is 48.2 cm³/mol. The summed E-state index contributed by atoms with van der Waals surface area (Å²) in [6.45, 7) is -0.313. The lowest BCUT2D eigenvalue weighted by Gasteiger charge is -2.08. The van der Waals surface area contributed by atoms with E-state index in [0.29, 0.717) is 0 Å². The van der Waals surface area contributed by atoms with Crippen molar-refractivity contribution in [2.75, 3.05) is 12.3 Å². The van der Waals surface area contributed by atoms with Gasteiger partial charge in [0.25, 0.3) is 5.91 Å². The molecule has 1 atom stereocenters. The van der Waals surface area contributed by atoms with E-state index in [1.54, 1.807) is 0 Å². The number of hydrogen-bond donors (Lipinski definition) is 4. The molecule has 6 N–H and O–H groups in total. The molecular weight excluding hydrogens is 188 g/mol. The Labute approximate surface area is 80.0 Å². The molecule has 1 heterocycles. The zero-order valence-corrected chi connectivity index (χ0v) is 7.42. The SMILES string of the molecule is NC(=O)c1ncn(CC(O)CO)c1N. The van der Waals surface area contributed by atoms with E-state index in [9.17, 15) is 4.79 Å². The molecule has 14 heavy (non-hydrogen) atoms. The number of nitrogen functional groups attached to an aromatic ring is 1. The molecule has 0 aromatic carbocycles. The van der Waals surface area contributed by atoms with E-state index < -0.39 is 12.0 Å². The van der Waals surface area contributed by atoms with Crippen LogP contribution in [0.5, 0.6) is 0 Å². The van der Waals surface area contributed by atoms with Crippen LogP contribution in [0.2, 0.25) is 0 Å². The molecule has 0 saturated carbocycles. The molecule has 0 spiro atoms. The van der Waals surface area contributed by atoms with E-state index in [4.69, 9.17) is 21.7 Å². The summed E-state index contributed by atoms with van der Waals surface area (Å²) in [4.78, 5) is 14.4. The van der Waals surface area contributed by atoms with Crippen LogP contribution in [0, 0.1) is 0 Å². The van der Waals surface area contributed by atoms with Gasteiger partial charge in [0, 0.05) is 0 Å². The molecule has 1 aromatic rings. The number of anilines is 1. The molecule has 0 bridgehead atoms. The maximum atomic E-state index is 10.7. The third-order valence-electron chi connectivity index (χ3n) is 1.73. The van der Waals surface area contributed by atoms with Crippen molar-refractivity contribution in [3.05, 3.63) is 12.0 Å². The van der Waals surface area contributed by atoms with Crippen molar-refractivity contribution in [3.8, 4) is 0 Å². The number of imidazole rings is 1. The van der Waals surface area contributed by atoms with Crippen LogP contribution < -0.4 is 11.5 Å². The second kappa shape index (κ2) is 4.07. The fourth-order valence-corrected chi connectivity index (χ4v) is 1.01. The number of primary amides is 1. The minimum absolute atomic E-state index is 0.0323. The summed E-state index contributed by atoms with van der Waals surface area (Å²) < 4.78 is 1.35. The summed E-state index contributed by atoms with van der Waals surface area (Å²) in [6, 6.07) is 0. The quantitative estimate of drug-likeness (QED) is 0.443. The van der Waals surface area contributed by atoms with Gasteiger partial charge in [0.15, 0.2) is 5.69 Å². The van der Waals surface area contributed by atoms with Gasteiger partial charge in [0.05, 0.1) is 25.6 Å². The number of nitrogens with zero attached hydrogens (tertiary/aromatic N) is 2. The van der Waals surface area contributed by atoms with Gasteiger partial charge in [-0.3, -0.25) is 4.79 Å². The number of amides is 1. The van der Waals surface area contributed by atoms with Gasteiger partial charge < -0.3 is 26.2 Å². The summed E-state index contributed by atoms with van der Waals surface area (Å²) >= 11 is 0. The molecule has 7 heteroatoms. The Hall–Kier alpha value is -1.60. The fraction of sp³-hybridized carbons (Fsp3) is 0.429. The largest absolute Gasteiger partial charge is 0.394 e. The number of hydrogen-bond acceptors (Lipinski definition) is 5. The zero-order valence-electron chi connectivity index (χ0n) is 7.42. The molecule has 1 amide bonds. The van der Waals surface area contributed by atoms with E-state index in [1.807, 2.05) is 0 Å². The Morgan fingerprint density at radius 3 is 2.79 bits per heavy atom. The maximum absolute atomic E-state index is 10.7. The number of carbonyl (C=O) groups is 1. The average molecular weight is 200 g/mol. The smallest absolute Gasteiger partial charge is 0.271 e. The molecule has 7 nitrogen and oxygen atoms in total. The van der Waals surface area contributed by atoms with Crippen molar-refractivity contribution in [2.24, 2.45) is 5.73 Å². The lowest BCUT2D eigenvalue weighted by molar-refractivity contribution is 0.0816. The van der Waals surface area contributed by atoms with Crippen LogP contribution in [0.1, 0.15) is 10.5 Å². The Bertz CT molecular complexity index is 336. The highest BCUT2D eigenvalue weighted by molar-refractivity contribution is 5.95. The number of aromatic nitrogens is 2. The van der Waals surface area contributed by atoms with Crippen molar-refractivity contribution in [1.82, 2.24) is 9.55 Å². The van der Waals surface area contributed by atoms with Crippen LogP contribution >= 0.6 is 0 Å². The van der Waals surface area contributed by atoms with Gasteiger partial charge in [0.2, 0.25) is 0 Å². The summed E-state index contributed by atoms with van der Waals surface area (Å²) in [6.07, 6.45) is 0.348. The second-order valence-corrected chi connectivity index (χ2v) is 2.83. The lowest BCUT2D eigenvalue weighted by Crippen LogP contribution is -2.21. The minimum atomic E-state index is -0.938. The molecule has 0 saturated heterocycles. The van der Waals surface area contributed by atoms with E-state index >= 15 is 0 Å². The maximum Gasteiger partial charge on any atom is 0.271 e. The summed E-state index contributed by atoms with van der Waals surface area (Å²) in [5, 5.41) is 17.7. The van der Waals surface area contributed by atoms with Gasteiger partial charge in [0.1, 0.15) is 5.82 Å². The van der Waals surface area contributed by atoms with Crippen LogP contribution in [-0.4, -0.2) is 38.4 Å². The van der Waals surface area contributed by atoms with Crippen molar-refractivity contribution in [3.63, 3.8) is 0 Å². The van der Waals surface area contributed by atoms with Crippen molar-refractivity contribution < 1.29 is 15.0 Å². The highest BCUT2D eigenvalue weighted by Gasteiger charge is 2.14. The van der Waals surface area contributed by atoms with Gasteiger partial charge in [-0.05, 0) is 0 Å². The average Bonchev–Trinajstić information content (AvgIpc) is 2.48. The number of rotatable bonds is 4. The predicted octanol–water partition coefficient (Wildman–Crippen LogP) is -2.08. The van der Waals surface area contributed by atoms with Gasteiger partial charge in [-0.1, -0.05) is 0 Å². The number of carbonyl (C=O) groups excluding carboxylic acids is 1. The molecule has 0 fully saturated rings. The monoisotopic (exact) mass is 200 g/mol. The van der Waals surface area contributed by atoms with Crippen LogP contribution in [0.4, 0.5) is 5.82 Å². The van der Waals surface area contributed by atoms with Gasteiger partial charge >= 0.3 is 0 Å². The van der Waals surface area contributed by atoms with Gasteiger partial charge in [-0.15, -0.1) is 0 Å². The van der Waals surface area contributed by atoms with E-state index in [-0.39, 0.29) is 24.7 Å². The first-order chi connectivity index (χ1) is 6.56. The molecule has 0 aliphatic rings. The number of aliphatic hydroxyl groups is 2. The van der Waals surface area contributed by atoms with Crippen molar-refractivity contribution >= 4 is 11.7 Å². The topological polar surface area (TPSA) is 127 Å². The Kier molecular flexibility index (Phi) is 3.05. The zero-order chi connectivity index (χ0) is 10.7. The number of aliphatic hydroxyl groups excluding tert-OH is 2. The van der Waals surface area contributed by atoms with Crippen LogP contribution in [0.3, 0.4) is 0 Å². The second-order valence-electron chi connectivity index (χ2n) is 2.83. The first-order valence-corrected chi connectivity index (χ1v) is 3.95. The van der Waals surface area contributed by atoms with Crippen LogP contribution in [0.25, 0.3) is 0 Å². The first-order valence-electron chi connectivity index (χ1n) is 3.95. The molecule has 1 unspecified atom stereocenters. The first kappa shape index (κ1) is 10.5. The van der Waals surface area contributed by atoms with Gasteiger partial charge in [-0.2, -0.15) is 0 Å². The lowest BCUT2D eigenvalue weighted by atomic mass is 10.3. The fourth-order valence-electron chi connectivity index (χ4n) is 1.01. The normalized spacial score (nSPS) is 12.7. The molecular formula is C7H12N4O3. The molecule has 1 rings (SSSR count). The van der Waals surface area contributed by atoms with E-state index in [0.717, 1.165) is 0 Å². The highest BCUT2D eigenvalue weighted by atomic mass is 16.3. The summed E-state index contributed by atoms with van der Waals surface area (Å²) in [5.74, 6) is -0.635. The molecule has 0 aliphatic carbocycles. The minimum Gasteiger partial charge on any atom is -0.394 e. The third-order valence-corrected chi connectivity index (χ3v) is 1.73. The van der Waals surface area contributed by atoms with Crippen LogP contribution in [-0.2, 0) is 6.54 Å². The molecule has 0 aliphatic heterocycles. The Balaban J connectivity index is 2.84.